The summed E-state index contributed by atoms with van der Waals surface area (Å²) in [5.41, 5.74) is 5.71. The van der Waals surface area contributed by atoms with E-state index in [0.29, 0.717) is 11.3 Å². The minimum Gasteiger partial charge on any atom is -0.452 e. The van der Waals surface area contributed by atoms with Crippen LogP contribution in [0.1, 0.15) is 32.9 Å². The largest absolute Gasteiger partial charge is 0.452 e. The number of anilines is 1. The zero-order valence-corrected chi connectivity index (χ0v) is 16.4. The molecule has 0 unspecified atom stereocenters. The fraction of sp³-hybridized carbons (Fsp3) is 0.227. The van der Waals surface area contributed by atoms with Crippen LogP contribution < -0.4 is 5.32 Å². The van der Waals surface area contributed by atoms with Crippen LogP contribution in [-0.4, -0.2) is 28.0 Å². The van der Waals surface area contributed by atoms with Gasteiger partial charge in [-0.05, 0) is 57.5 Å². The Hall–Kier alpha value is -3.41. The van der Waals surface area contributed by atoms with Gasteiger partial charge < -0.3 is 14.6 Å². The van der Waals surface area contributed by atoms with Crippen LogP contribution in [0, 0.1) is 27.7 Å². The van der Waals surface area contributed by atoms with Crippen molar-refractivity contribution in [2.75, 3.05) is 11.9 Å². The molecule has 6 nitrogen and oxygen atoms in total. The van der Waals surface area contributed by atoms with Gasteiger partial charge in [0, 0.05) is 23.3 Å². The molecule has 3 rings (SSSR count). The molecule has 0 radical (unpaired) electrons. The molecule has 1 aromatic carbocycles. The zero-order valence-electron chi connectivity index (χ0n) is 16.4. The number of hydrogen-bond acceptors (Lipinski definition) is 4. The Bertz CT molecular complexity index is 1020. The van der Waals surface area contributed by atoms with Crippen LogP contribution in [0.3, 0.4) is 0 Å². The van der Waals surface area contributed by atoms with E-state index in [1.54, 1.807) is 18.5 Å². The highest BCUT2D eigenvalue weighted by molar-refractivity contribution is 5.96. The Morgan fingerprint density at radius 3 is 2.57 bits per heavy atom. The van der Waals surface area contributed by atoms with Crippen LogP contribution >= 0.6 is 0 Å². The quantitative estimate of drug-likeness (QED) is 0.685. The summed E-state index contributed by atoms with van der Waals surface area (Å²) in [5.74, 6) is -0.902. The highest BCUT2D eigenvalue weighted by Crippen LogP contribution is 2.21. The van der Waals surface area contributed by atoms with E-state index in [9.17, 15) is 9.59 Å². The number of carbonyl (C=O) groups excluding carboxylic acids is 2. The van der Waals surface area contributed by atoms with E-state index in [1.807, 2.05) is 62.6 Å². The lowest BCUT2D eigenvalue weighted by molar-refractivity contribution is -0.119. The maximum atomic E-state index is 12.5. The van der Waals surface area contributed by atoms with Gasteiger partial charge in [-0.1, -0.05) is 17.7 Å². The predicted octanol–water partition coefficient (Wildman–Crippen LogP) is 3.90. The number of esters is 1. The third-order valence-electron chi connectivity index (χ3n) is 4.55. The lowest BCUT2D eigenvalue weighted by Gasteiger charge is -2.10. The van der Waals surface area contributed by atoms with Gasteiger partial charge in [0.2, 0.25) is 0 Å². The summed E-state index contributed by atoms with van der Waals surface area (Å²) in [4.78, 5) is 28.8. The van der Waals surface area contributed by atoms with Gasteiger partial charge in [-0.3, -0.25) is 9.78 Å². The van der Waals surface area contributed by atoms with E-state index in [0.717, 1.165) is 28.2 Å². The van der Waals surface area contributed by atoms with E-state index in [2.05, 4.69) is 10.3 Å². The molecule has 0 aliphatic rings. The van der Waals surface area contributed by atoms with E-state index < -0.39 is 5.97 Å². The predicted molar refractivity (Wildman–Crippen MR) is 108 cm³/mol. The first kappa shape index (κ1) is 19.4. The van der Waals surface area contributed by atoms with Gasteiger partial charge in [-0.15, -0.1) is 0 Å². The number of nitrogens with zero attached hydrogens (tertiary/aromatic N) is 2. The van der Waals surface area contributed by atoms with Crippen molar-refractivity contribution in [1.29, 1.82) is 0 Å². The second kappa shape index (κ2) is 8.08. The van der Waals surface area contributed by atoms with Crippen LogP contribution in [0.25, 0.3) is 5.69 Å². The smallest absolute Gasteiger partial charge is 0.340 e. The molecule has 0 aliphatic carbocycles. The summed E-state index contributed by atoms with van der Waals surface area (Å²) < 4.78 is 7.16. The highest BCUT2D eigenvalue weighted by atomic mass is 16.5. The van der Waals surface area contributed by atoms with Gasteiger partial charge in [-0.2, -0.15) is 0 Å². The minimum atomic E-state index is -0.529. The molecule has 28 heavy (non-hydrogen) atoms. The Balaban J connectivity index is 1.68. The summed E-state index contributed by atoms with van der Waals surface area (Å²) in [6.45, 7) is 7.31. The second-order valence-corrected chi connectivity index (χ2v) is 6.77. The number of ether oxygens (including phenoxy) is 1. The standard InChI is InChI=1S/C22H23N3O3/c1-14-7-8-20(15(2)10-14)24-21(26)13-28-22(27)19-11-16(3)25(17(19)4)18-6-5-9-23-12-18/h5-12H,13H2,1-4H3,(H,24,26). The SMILES string of the molecule is Cc1ccc(NC(=O)COC(=O)c2cc(C)n(-c3cccnc3)c2C)c(C)c1. The summed E-state index contributed by atoms with van der Waals surface area (Å²) in [7, 11) is 0. The molecule has 0 aliphatic heterocycles. The number of carbonyl (C=O) groups is 2. The van der Waals surface area contributed by atoms with Gasteiger partial charge in [0.05, 0.1) is 17.4 Å². The van der Waals surface area contributed by atoms with Gasteiger partial charge in [0.25, 0.3) is 5.91 Å². The summed E-state index contributed by atoms with van der Waals surface area (Å²) in [6, 6.07) is 11.2. The van der Waals surface area contributed by atoms with E-state index in [-0.39, 0.29) is 12.5 Å². The first-order valence-electron chi connectivity index (χ1n) is 9.00. The Morgan fingerprint density at radius 2 is 1.89 bits per heavy atom. The fourth-order valence-corrected chi connectivity index (χ4v) is 3.20. The molecule has 0 saturated carbocycles. The number of aryl methyl sites for hydroxylation is 3. The zero-order chi connectivity index (χ0) is 20.3. The molecular weight excluding hydrogens is 354 g/mol. The Kier molecular flexibility index (Phi) is 5.59. The molecule has 0 fully saturated rings. The van der Waals surface area contributed by atoms with Crippen molar-refractivity contribution in [3.63, 3.8) is 0 Å². The summed E-state index contributed by atoms with van der Waals surface area (Å²) >= 11 is 0. The molecule has 144 valence electrons. The topological polar surface area (TPSA) is 73.2 Å². The number of amides is 1. The van der Waals surface area contributed by atoms with Crippen LogP contribution in [0.4, 0.5) is 5.69 Å². The maximum Gasteiger partial charge on any atom is 0.340 e. The van der Waals surface area contributed by atoms with Gasteiger partial charge >= 0.3 is 5.97 Å². The molecule has 0 atom stereocenters. The normalized spacial score (nSPS) is 10.6. The first-order valence-corrected chi connectivity index (χ1v) is 9.00. The molecule has 0 bridgehead atoms. The maximum absolute atomic E-state index is 12.5. The molecule has 0 saturated heterocycles. The van der Waals surface area contributed by atoms with Crippen molar-refractivity contribution in [2.24, 2.45) is 0 Å². The average molecular weight is 377 g/mol. The van der Waals surface area contributed by atoms with E-state index in [1.165, 1.54) is 0 Å². The van der Waals surface area contributed by atoms with E-state index in [4.69, 9.17) is 4.74 Å². The summed E-state index contributed by atoms with van der Waals surface area (Å²) in [5, 5.41) is 2.77. The number of pyridine rings is 1. The molecule has 1 N–H and O–H groups in total. The highest BCUT2D eigenvalue weighted by Gasteiger charge is 2.19. The summed E-state index contributed by atoms with van der Waals surface area (Å²) in [6.07, 6.45) is 3.42. The molecule has 1 amide bonds. The van der Waals surface area contributed by atoms with Crippen LogP contribution in [0.5, 0.6) is 0 Å². The molecule has 3 aromatic rings. The van der Waals surface area contributed by atoms with Crippen molar-refractivity contribution in [2.45, 2.75) is 27.7 Å². The molecule has 2 heterocycles. The van der Waals surface area contributed by atoms with Gasteiger partial charge in [0.1, 0.15) is 0 Å². The minimum absolute atomic E-state index is 0.345. The number of hydrogen-bond donors (Lipinski definition) is 1. The monoisotopic (exact) mass is 377 g/mol. The van der Waals surface area contributed by atoms with E-state index >= 15 is 0 Å². The second-order valence-electron chi connectivity index (χ2n) is 6.77. The molecule has 6 heteroatoms. The number of aromatic nitrogens is 2. The van der Waals surface area contributed by atoms with Crippen molar-refractivity contribution in [3.05, 3.63) is 76.9 Å². The van der Waals surface area contributed by atoms with Crippen molar-refractivity contribution < 1.29 is 14.3 Å². The Labute approximate surface area is 164 Å². The van der Waals surface area contributed by atoms with Crippen LogP contribution in [-0.2, 0) is 9.53 Å². The number of benzene rings is 1. The number of nitrogens with one attached hydrogen (secondary N) is 1. The fourth-order valence-electron chi connectivity index (χ4n) is 3.20. The lowest BCUT2D eigenvalue weighted by Crippen LogP contribution is -2.21. The van der Waals surface area contributed by atoms with Crippen molar-refractivity contribution >= 4 is 17.6 Å². The van der Waals surface area contributed by atoms with Crippen molar-refractivity contribution in [1.82, 2.24) is 9.55 Å². The number of rotatable bonds is 5. The first-order chi connectivity index (χ1) is 13.4. The molecular formula is C22H23N3O3. The van der Waals surface area contributed by atoms with Crippen molar-refractivity contribution in [3.8, 4) is 5.69 Å². The van der Waals surface area contributed by atoms with Crippen LogP contribution in [0.2, 0.25) is 0 Å². The molecule has 2 aromatic heterocycles. The van der Waals surface area contributed by atoms with Gasteiger partial charge in [-0.25, -0.2) is 4.79 Å². The molecule has 0 spiro atoms. The average Bonchev–Trinajstić information content (AvgIpc) is 2.97. The third kappa shape index (κ3) is 4.11. The third-order valence-corrected chi connectivity index (χ3v) is 4.55. The van der Waals surface area contributed by atoms with Gasteiger partial charge in [0.15, 0.2) is 6.61 Å². The van der Waals surface area contributed by atoms with Crippen LogP contribution in [0.15, 0.2) is 48.8 Å². The lowest BCUT2D eigenvalue weighted by atomic mass is 10.1. The Morgan fingerprint density at radius 1 is 1.11 bits per heavy atom.